The fourth-order valence-electron chi connectivity index (χ4n) is 3.06. The molecule has 0 fully saturated rings. The van der Waals surface area contributed by atoms with Crippen molar-refractivity contribution < 1.29 is 18.7 Å². The molecule has 1 aromatic heterocycles. The molecule has 150 valence electrons. The van der Waals surface area contributed by atoms with Gasteiger partial charge in [0, 0.05) is 21.0 Å². The van der Waals surface area contributed by atoms with E-state index in [-0.39, 0.29) is 11.7 Å². The van der Waals surface area contributed by atoms with Crippen molar-refractivity contribution in [2.45, 2.75) is 0 Å². The molecule has 3 aromatic carbocycles. The van der Waals surface area contributed by atoms with E-state index in [0.29, 0.717) is 38.6 Å². The summed E-state index contributed by atoms with van der Waals surface area (Å²) in [5.74, 6) is -0.262. The highest BCUT2D eigenvalue weighted by molar-refractivity contribution is 9.10. The van der Waals surface area contributed by atoms with Gasteiger partial charge in [-0.15, -0.1) is 0 Å². The van der Waals surface area contributed by atoms with Crippen molar-refractivity contribution in [3.8, 4) is 5.75 Å². The number of hydrogen-bond donors (Lipinski definition) is 1. The minimum Gasteiger partial charge on any atom is -0.495 e. The number of furan rings is 1. The van der Waals surface area contributed by atoms with Crippen molar-refractivity contribution >= 4 is 55.9 Å². The van der Waals surface area contributed by atoms with Gasteiger partial charge in [-0.05, 0) is 54.6 Å². The number of rotatable bonds is 5. The van der Waals surface area contributed by atoms with Crippen LogP contribution >= 0.6 is 27.5 Å². The first kappa shape index (κ1) is 20.2. The fraction of sp³-hybridized carbons (Fsp3) is 0.0435. The van der Waals surface area contributed by atoms with Crippen LogP contribution in [0.1, 0.15) is 26.5 Å². The van der Waals surface area contributed by atoms with E-state index in [4.69, 9.17) is 20.8 Å². The molecule has 0 unspecified atom stereocenters. The number of fused-ring (bicyclic) bond motifs is 1. The van der Waals surface area contributed by atoms with Crippen molar-refractivity contribution in [1.82, 2.24) is 0 Å². The molecule has 1 heterocycles. The first-order valence-corrected chi connectivity index (χ1v) is 10.1. The van der Waals surface area contributed by atoms with E-state index in [1.807, 2.05) is 6.07 Å². The molecule has 0 radical (unpaired) electrons. The van der Waals surface area contributed by atoms with Crippen molar-refractivity contribution in [2.75, 3.05) is 12.4 Å². The lowest BCUT2D eigenvalue weighted by Crippen LogP contribution is -2.14. The minimum atomic E-state index is -0.401. The quantitative estimate of drug-likeness (QED) is 0.336. The van der Waals surface area contributed by atoms with Gasteiger partial charge in [-0.1, -0.05) is 39.7 Å². The van der Waals surface area contributed by atoms with Gasteiger partial charge < -0.3 is 14.5 Å². The Morgan fingerprint density at radius 3 is 2.40 bits per heavy atom. The number of benzene rings is 3. The zero-order chi connectivity index (χ0) is 21.3. The number of amides is 1. The van der Waals surface area contributed by atoms with Crippen LogP contribution in [0, 0.1) is 0 Å². The maximum Gasteiger partial charge on any atom is 0.255 e. The summed E-state index contributed by atoms with van der Waals surface area (Å²) < 4.78 is 11.8. The number of ketones is 1. The third-order valence-corrected chi connectivity index (χ3v) is 5.38. The van der Waals surface area contributed by atoms with Gasteiger partial charge in [-0.25, -0.2) is 0 Å². The number of carbonyl (C=O) groups excluding carboxylic acids is 2. The summed E-state index contributed by atoms with van der Waals surface area (Å²) in [6.07, 6.45) is 0. The van der Waals surface area contributed by atoms with E-state index in [1.165, 1.54) is 13.2 Å². The van der Waals surface area contributed by atoms with Crippen LogP contribution in [0.5, 0.6) is 5.75 Å². The molecule has 30 heavy (non-hydrogen) atoms. The Morgan fingerprint density at radius 2 is 1.70 bits per heavy atom. The molecular formula is C23H15BrClNO4. The Hall–Kier alpha value is -3.09. The van der Waals surface area contributed by atoms with Gasteiger partial charge in [0.2, 0.25) is 5.78 Å². The molecule has 1 N–H and O–H groups in total. The van der Waals surface area contributed by atoms with Crippen LogP contribution in [0.3, 0.4) is 0 Å². The average molecular weight is 485 g/mol. The second-order valence-electron chi connectivity index (χ2n) is 6.44. The zero-order valence-electron chi connectivity index (χ0n) is 15.7. The van der Waals surface area contributed by atoms with E-state index in [1.54, 1.807) is 54.6 Å². The SMILES string of the molecule is COc1ccc(C(=O)c2oc3ccccc3c2NC(=O)c2ccc(Br)cc2)cc1Cl. The van der Waals surface area contributed by atoms with E-state index in [0.717, 1.165) is 4.47 Å². The predicted molar refractivity (Wildman–Crippen MR) is 120 cm³/mol. The number of anilines is 1. The Balaban J connectivity index is 1.76. The Morgan fingerprint density at radius 1 is 1.00 bits per heavy atom. The minimum absolute atomic E-state index is 0.0305. The van der Waals surface area contributed by atoms with E-state index in [9.17, 15) is 9.59 Å². The standard InChI is InChI=1S/C23H15BrClNO4/c1-29-19-11-8-14(12-17(19)25)21(27)22-20(16-4-2-3-5-18(16)30-22)26-23(28)13-6-9-15(24)10-7-13/h2-12H,1H3,(H,26,28). The molecule has 0 aliphatic heterocycles. The van der Waals surface area contributed by atoms with E-state index < -0.39 is 5.78 Å². The second-order valence-corrected chi connectivity index (χ2v) is 7.76. The van der Waals surface area contributed by atoms with E-state index in [2.05, 4.69) is 21.2 Å². The normalized spacial score (nSPS) is 10.8. The summed E-state index contributed by atoms with van der Waals surface area (Å²) in [5, 5.41) is 3.77. The van der Waals surface area contributed by atoms with Crippen LogP contribution in [-0.2, 0) is 0 Å². The number of nitrogens with one attached hydrogen (secondary N) is 1. The molecule has 0 aliphatic carbocycles. The molecule has 0 saturated heterocycles. The molecule has 4 rings (SSSR count). The van der Waals surface area contributed by atoms with Gasteiger partial charge in [0.15, 0.2) is 5.76 Å². The number of halogens is 2. The van der Waals surface area contributed by atoms with Crippen molar-refractivity contribution in [3.05, 3.63) is 93.1 Å². The van der Waals surface area contributed by atoms with Crippen LogP contribution in [0.15, 0.2) is 75.6 Å². The van der Waals surface area contributed by atoms with Crippen LogP contribution in [0.2, 0.25) is 5.02 Å². The highest BCUT2D eigenvalue weighted by Gasteiger charge is 2.24. The summed E-state index contributed by atoms with van der Waals surface area (Å²) >= 11 is 9.52. The smallest absolute Gasteiger partial charge is 0.255 e. The molecular weight excluding hydrogens is 470 g/mol. The van der Waals surface area contributed by atoms with Gasteiger partial charge in [0.25, 0.3) is 5.91 Å². The summed E-state index contributed by atoms with van der Waals surface area (Å²) in [7, 11) is 1.50. The molecule has 0 saturated carbocycles. The van der Waals surface area contributed by atoms with Crippen molar-refractivity contribution in [3.63, 3.8) is 0 Å². The Kier molecular flexibility index (Phi) is 5.61. The van der Waals surface area contributed by atoms with Crippen LogP contribution < -0.4 is 10.1 Å². The summed E-state index contributed by atoms with van der Waals surface area (Å²) in [6.45, 7) is 0. The van der Waals surface area contributed by atoms with Gasteiger partial charge in [-0.2, -0.15) is 0 Å². The first-order chi connectivity index (χ1) is 14.5. The van der Waals surface area contributed by atoms with Crippen LogP contribution in [0.4, 0.5) is 5.69 Å². The van der Waals surface area contributed by atoms with E-state index >= 15 is 0 Å². The number of ether oxygens (including phenoxy) is 1. The first-order valence-electron chi connectivity index (χ1n) is 8.94. The van der Waals surface area contributed by atoms with Gasteiger partial charge in [0.05, 0.1) is 17.8 Å². The molecule has 0 atom stereocenters. The van der Waals surface area contributed by atoms with Crippen molar-refractivity contribution in [1.29, 1.82) is 0 Å². The lowest BCUT2D eigenvalue weighted by atomic mass is 10.1. The van der Waals surface area contributed by atoms with Gasteiger partial charge >= 0.3 is 0 Å². The van der Waals surface area contributed by atoms with Crippen LogP contribution in [0.25, 0.3) is 11.0 Å². The molecule has 0 bridgehead atoms. The summed E-state index contributed by atoms with van der Waals surface area (Å²) in [6, 6.07) is 18.8. The number of carbonyl (C=O) groups is 2. The monoisotopic (exact) mass is 483 g/mol. The number of hydrogen-bond acceptors (Lipinski definition) is 4. The highest BCUT2D eigenvalue weighted by atomic mass is 79.9. The molecule has 4 aromatic rings. The third kappa shape index (κ3) is 3.84. The largest absolute Gasteiger partial charge is 0.495 e. The Labute approximate surface area is 185 Å². The highest BCUT2D eigenvalue weighted by Crippen LogP contribution is 2.34. The fourth-order valence-corrected chi connectivity index (χ4v) is 3.58. The topological polar surface area (TPSA) is 68.5 Å². The predicted octanol–water partition coefficient (Wildman–Crippen LogP) is 6.34. The maximum absolute atomic E-state index is 13.2. The van der Waals surface area contributed by atoms with Gasteiger partial charge in [0.1, 0.15) is 11.3 Å². The molecule has 7 heteroatoms. The molecule has 0 spiro atoms. The number of methoxy groups -OCH3 is 1. The lowest BCUT2D eigenvalue weighted by Gasteiger charge is -2.08. The lowest BCUT2D eigenvalue weighted by molar-refractivity contribution is 0.101. The van der Waals surface area contributed by atoms with Gasteiger partial charge in [-0.3, -0.25) is 9.59 Å². The third-order valence-electron chi connectivity index (χ3n) is 4.56. The summed E-state index contributed by atoms with van der Waals surface area (Å²) in [5.41, 5.74) is 1.58. The summed E-state index contributed by atoms with van der Waals surface area (Å²) in [4.78, 5) is 26.0. The Bertz CT molecular complexity index is 1260. The molecule has 1 amide bonds. The average Bonchev–Trinajstić information content (AvgIpc) is 3.12. The maximum atomic E-state index is 13.2. The number of para-hydroxylation sites is 1. The van der Waals surface area contributed by atoms with Crippen LogP contribution in [-0.4, -0.2) is 18.8 Å². The zero-order valence-corrected chi connectivity index (χ0v) is 18.1. The second kappa shape index (κ2) is 8.34. The van der Waals surface area contributed by atoms with Crippen molar-refractivity contribution in [2.24, 2.45) is 0 Å². The molecule has 0 aliphatic rings. The molecule has 5 nitrogen and oxygen atoms in total.